The van der Waals surface area contributed by atoms with Crippen LogP contribution < -0.4 is 0 Å². The summed E-state index contributed by atoms with van der Waals surface area (Å²) in [4.78, 5) is 10.8. The van der Waals surface area contributed by atoms with E-state index in [0.717, 1.165) is 30.0 Å². The fourth-order valence-corrected chi connectivity index (χ4v) is 3.38. The molecule has 0 aromatic heterocycles. The molecule has 1 saturated carbocycles. The molecule has 0 radical (unpaired) electrons. The molecule has 2 heteroatoms. The van der Waals surface area contributed by atoms with E-state index in [1.807, 2.05) is 0 Å². The summed E-state index contributed by atoms with van der Waals surface area (Å²) < 4.78 is 0. The van der Waals surface area contributed by atoms with Gasteiger partial charge in [0.15, 0.2) is 0 Å². The van der Waals surface area contributed by atoms with Gasteiger partial charge in [0.1, 0.15) is 5.78 Å². The second-order valence-electron chi connectivity index (χ2n) is 4.43. The molecular weight excluding hydrogens is 216 g/mol. The van der Waals surface area contributed by atoms with Gasteiger partial charge in [-0.1, -0.05) is 29.8 Å². The number of halogens is 1. The Kier molecular flexibility index (Phi) is 2.97. The normalized spacial score (nSPS) is 31.7. The molecule has 0 N–H and O–H groups in total. The van der Waals surface area contributed by atoms with Crippen LogP contribution >= 0.6 is 15.9 Å². The van der Waals surface area contributed by atoms with Crippen LogP contribution in [0.2, 0.25) is 0 Å². The molecule has 0 aromatic rings. The zero-order valence-electron chi connectivity index (χ0n) is 8.06. The Balaban J connectivity index is 2.32. The van der Waals surface area contributed by atoms with Crippen LogP contribution in [0, 0.1) is 17.3 Å². The Morgan fingerprint density at radius 2 is 2.00 bits per heavy atom. The second kappa shape index (κ2) is 3.49. The Morgan fingerprint density at radius 3 is 2.33 bits per heavy atom. The van der Waals surface area contributed by atoms with Crippen molar-refractivity contribution in [1.29, 1.82) is 0 Å². The zero-order valence-corrected chi connectivity index (χ0v) is 9.65. The smallest absolute Gasteiger partial charge is 0.129 e. The molecule has 1 aliphatic carbocycles. The topological polar surface area (TPSA) is 17.1 Å². The number of ketones is 1. The van der Waals surface area contributed by atoms with Gasteiger partial charge in [-0.2, -0.15) is 0 Å². The van der Waals surface area contributed by atoms with Crippen molar-refractivity contribution >= 4 is 21.7 Å². The molecule has 1 fully saturated rings. The first-order valence-electron chi connectivity index (χ1n) is 4.55. The first-order chi connectivity index (χ1) is 5.50. The predicted molar refractivity (Wildman–Crippen MR) is 54.5 cm³/mol. The van der Waals surface area contributed by atoms with Gasteiger partial charge in [-0.15, -0.1) is 0 Å². The highest BCUT2D eigenvalue weighted by molar-refractivity contribution is 9.09. The van der Waals surface area contributed by atoms with Crippen molar-refractivity contribution in [2.24, 2.45) is 17.3 Å². The lowest BCUT2D eigenvalue weighted by Gasteiger charge is -1.99. The van der Waals surface area contributed by atoms with Crippen LogP contribution in [0.4, 0.5) is 0 Å². The van der Waals surface area contributed by atoms with E-state index in [9.17, 15) is 4.79 Å². The molecule has 1 aliphatic rings. The number of alkyl halides is 1. The Morgan fingerprint density at radius 1 is 1.42 bits per heavy atom. The van der Waals surface area contributed by atoms with E-state index >= 15 is 0 Å². The van der Waals surface area contributed by atoms with Crippen LogP contribution in [0.15, 0.2) is 0 Å². The summed E-state index contributed by atoms with van der Waals surface area (Å²) in [5.74, 6) is 1.88. The molecule has 0 aromatic carbocycles. The van der Waals surface area contributed by atoms with Gasteiger partial charge in [0.05, 0.1) is 0 Å². The molecule has 0 heterocycles. The third-order valence-corrected chi connectivity index (χ3v) is 3.96. The maximum Gasteiger partial charge on any atom is 0.129 e. The van der Waals surface area contributed by atoms with Crippen LogP contribution in [-0.4, -0.2) is 11.1 Å². The van der Waals surface area contributed by atoms with Crippen molar-refractivity contribution in [1.82, 2.24) is 0 Å². The number of Topliss-reactive ketones (excluding diaryl/α,β-unsaturated/α-hetero) is 1. The molecule has 1 rings (SSSR count). The van der Waals surface area contributed by atoms with Gasteiger partial charge >= 0.3 is 0 Å². The summed E-state index contributed by atoms with van der Waals surface area (Å²) in [6, 6.07) is 0. The summed E-state index contributed by atoms with van der Waals surface area (Å²) in [6.07, 6.45) is 1.84. The van der Waals surface area contributed by atoms with Crippen molar-refractivity contribution in [3.8, 4) is 0 Å². The molecule has 0 saturated heterocycles. The van der Waals surface area contributed by atoms with Crippen molar-refractivity contribution in [3.05, 3.63) is 0 Å². The second-order valence-corrected chi connectivity index (χ2v) is 5.08. The van der Waals surface area contributed by atoms with Gasteiger partial charge < -0.3 is 4.79 Å². The van der Waals surface area contributed by atoms with Crippen LogP contribution in [0.1, 0.15) is 33.6 Å². The molecule has 0 bridgehead atoms. The first-order valence-corrected chi connectivity index (χ1v) is 5.67. The summed E-state index contributed by atoms with van der Waals surface area (Å²) in [7, 11) is 0. The summed E-state index contributed by atoms with van der Waals surface area (Å²) >= 11 is 3.51. The molecule has 12 heavy (non-hydrogen) atoms. The average molecular weight is 233 g/mol. The number of carbonyl (C=O) groups is 1. The van der Waals surface area contributed by atoms with E-state index in [1.165, 1.54) is 0 Å². The van der Waals surface area contributed by atoms with Crippen molar-refractivity contribution in [2.75, 3.05) is 5.33 Å². The molecule has 0 aliphatic heterocycles. The lowest BCUT2D eigenvalue weighted by molar-refractivity contribution is -0.117. The molecule has 0 spiro atoms. The van der Waals surface area contributed by atoms with E-state index in [0.29, 0.717) is 11.2 Å². The average Bonchev–Trinajstić information content (AvgIpc) is 2.48. The minimum atomic E-state index is 0.325. The number of rotatable bonds is 4. The monoisotopic (exact) mass is 232 g/mol. The third-order valence-electron chi connectivity index (χ3n) is 3.26. The van der Waals surface area contributed by atoms with Crippen LogP contribution in [0.3, 0.4) is 0 Å². The van der Waals surface area contributed by atoms with E-state index in [4.69, 9.17) is 0 Å². The van der Waals surface area contributed by atoms with Crippen LogP contribution in [0.5, 0.6) is 0 Å². The number of hydrogen-bond acceptors (Lipinski definition) is 1. The van der Waals surface area contributed by atoms with Crippen molar-refractivity contribution in [2.45, 2.75) is 33.6 Å². The maximum atomic E-state index is 10.8. The minimum Gasteiger partial charge on any atom is -0.300 e. The largest absolute Gasteiger partial charge is 0.300 e. The van der Waals surface area contributed by atoms with Gasteiger partial charge in [-0.25, -0.2) is 0 Å². The molecular formula is C10H17BrO. The highest BCUT2D eigenvalue weighted by Gasteiger charge is 2.55. The molecule has 0 unspecified atom stereocenters. The summed E-state index contributed by atoms with van der Waals surface area (Å²) in [6.45, 7) is 6.27. The quantitative estimate of drug-likeness (QED) is 0.682. The van der Waals surface area contributed by atoms with E-state index in [2.05, 4.69) is 29.8 Å². The third kappa shape index (κ3) is 1.90. The Bertz CT molecular complexity index is 186. The van der Waals surface area contributed by atoms with E-state index in [1.54, 1.807) is 6.92 Å². The fraction of sp³-hybridized carbons (Fsp3) is 0.900. The predicted octanol–water partition coefficient (Wildman–Crippen LogP) is 3.02. The van der Waals surface area contributed by atoms with Gasteiger partial charge in [-0.05, 0) is 30.6 Å². The summed E-state index contributed by atoms with van der Waals surface area (Å²) in [5.41, 5.74) is 0.471. The standard InChI is InChI=1S/C10H17BrO/c1-7(12)4-5-8-9(6-11)10(8,2)3/h8-9H,4-6H2,1-3H3/t8-,9+/m1/s1. The Labute approximate surface area is 83.0 Å². The highest BCUT2D eigenvalue weighted by atomic mass is 79.9. The van der Waals surface area contributed by atoms with Crippen LogP contribution in [0.25, 0.3) is 0 Å². The van der Waals surface area contributed by atoms with Crippen LogP contribution in [-0.2, 0) is 4.79 Å². The van der Waals surface area contributed by atoms with Gasteiger partial charge in [0.2, 0.25) is 0 Å². The maximum absolute atomic E-state index is 10.8. The van der Waals surface area contributed by atoms with Gasteiger partial charge in [0.25, 0.3) is 0 Å². The first kappa shape index (κ1) is 10.2. The SMILES string of the molecule is CC(=O)CC[C@@H]1[C@H](CBr)C1(C)C. The lowest BCUT2D eigenvalue weighted by Crippen LogP contribution is -1.94. The van der Waals surface area contributed by atoms with E-state index < -0.39 is 0 Å². The molecule has 2 atom stereocenters. The minimum absolute atomic E-state index is 0.325. The van der Waals surface area contributed by atoms with Gasteiger partial charge in [-0.3, -0.25) is 0 Å². The fourth-order valence-electron chi connectivity index (χ4n) is 2.10. The molecule has 70 valence electrons. The summed E-state index contributed by atoms with van der Waals surface area (Å²) in [5, 5.41) is 1.09. The van der Waals surface area contributed by atoms with Crippen molar-refractivity contribution < 1.29 is 4.79 Å². The Hall–Kier alpha value is 0.150. The lowest BCUT2D eigenvalue weighted by atomic mass is 10.1. The highest BCUT2D eigenvalue weighted by Crippen LogP contribution is 2.60. The molecule has 1 nitrogen and oxygen atoms in total. The zero-order chi connectivity index (χ0) is 9.35. The number of hydrogen-bond donors (Lipinski definition) is 0. The van der Waals surface area contributed by atoms with Crippen molar-refractivity contribution in [3.63, 3.8) is 0 Å². The van der Waals surface area contributed by atoms with E-state index in [-0.39, 0.29) is 0 Å². The number of carbonyl (C=O) groups excluding carboxylic acids is 1. The molecule has 0 amide bonds. The van der Waals surface area contributed by atoms with Gasteiger partial charge in [0, 0.05) is 11.8 Å².